The normalized spacial score (nSPS) is 24.5. The van der Waals surface area contributed by atoms with Gasteiger partial charge in [-0.15, -0.1) is 0 Å². The van der Waals surface area contributed by atoms with Crippen molar-refractivity contribution in [3.8, 4) is 0 Å². The summed E-state index contributed by atoms with van der Waals surface area (Å²) in [4.78, 5) is 0. The molecule has 0 atom stereocenters. The van der Waals surface area contributed by atoms with Gasteiger partial charge >= 0.3 is 0 Å². The molecule has 2 saturated carbocycles. The summed E-state index contributed by atoms with van der Waals surface area (Å²) in [5, 5.41) is 3.52. The Kier molecular flexibility index (Phi) is 5.30. The molecule has 0 spiro atoms. The van der Waals surface area contributed by atoms with Gasteiger partial charge in [-0.1, -0.05) is 45.4 Å². The maximum atomic E-state index is 6.34. The predicted molar refractivity (Wildman–Crippen MR) is 72.3 cm³/mol. The topological polar surface area (TPSA) is 21.3 Å². The highest BCUT2D eigenvalue weighted by Crippen LogP contribution is 2.34. The minimum absolute atomic E-state index is 0.168. The zero-order chi connectivity index (χ0) is 12.0. The molecule has 2 aliphatic carbocycles. The molecular formula is C15H29NO. The molecule has 0 aromatic carbocycles. The van der Waals surface area contributed by atoms with Gasteiger partial charge in [-0.3, -0.25) is 0 Å². The largest absolute Gasteiger partial charge is 0.374 e. The Morgan fingerprint density at radius 2 is 1.82 bits per heavy atom. The quantitative estimate of drug-likeness (QED) is 0.687. The van der Waals surface area contributed by atoms with E-state index in [9.17, 15) is 0 Å². The summed E-state index contributed by atoms with van der Waals surface area (Å²) < 4.78 is 6.34. The Morgan fingerprint density at radius 1 is 1.12 bits per heavy atom. The number of rotatable bonds is 7. The van der Waals surface area contributed by atoms with Crippen molar-refractivity contribution in [2.75, 3.05) is 19.7 Å². The molecule has 0 heterocycles. The van der Waals surface area contributed by atoms with E-state index in [2.05, 4.69) is 12.2 Å². The summed E-state index contributed by atoms with van der Waals surface area (Å²) in [6, 6.07) is 0. The molecule has 0 saturated heterocycles. The standard InChI is InChI=1S/C15H29NO/c1-2-16-13-15(10-5-3-4-6-11-15)17-12-9-14-7-8-14/h14,16H,2-13H2,1H3. The van der Waals surface area contributed by atoms with E-state index in [0.717, 1.165) is 25.6 Å². The van der Waals surface area contributed by atoms with Crippen LogP contribution in [0.25, 0.3) is 0 Å². The average Bonchev–Trinajstić information content (AvgIpc) is 3.15. The second-order valence-corrected chi connectivity index (χ2v) is 5.96. The Morgan fingerprint density at radius 3 is 2.41 bits per heavy atom. The van der Waals surface area contributed by atoms with Gasteiger partial charge in [0, 0.05) is 13.2 Å². The highest BCUT2D eigenvalue weighted by Gasteiger charge is 2.32. The lowest BCUT2D eigenvalue weighted by Crippen LogP contribution is -2.43. The SMILES string of the molecule is CCNCC1(OCCC2CC2)CCCCCC1. The van der Waals surface area contributed by atoms with Crippen molar-refractivity contribution in [3.05, 3.63) is 0 Å². The van der Waals surface area contributed by atoms with Crippen LogP contribution in [0.3, 0.4) is 0 Å². The summed E-state index contributed by atoms with van der Waals surface area (Å²) in [5.74, 6) is 0.997. The van der Waals surface area contributed by atoms with Crippen molar-refractivity contribution in [3.63, 3.8) is 0 Å². The van der Waals surface area contributed by atoms with Crippen LogP contribution in [0, 0.1) is 5.92 Å². The van der Waals surface area contributed by atoms with Crippen LogP contribution in [0.1, 0.15) is 64.7 Å². The van der Waals surface area contributed by atoms with Crippen LogP contribution in [0.5, 0.6) is 0 Å². The fourth-order valence-electron chi connectivity index (χ4n) is 2.95. The van der Waals surface area contributed by atoms with Gasteiger partial charge in [0.1, 0.15) is 0 Å². The van der Waals surface area contributed by atoms with Gasteiger partial charge < -0.3 is 10.1 Å². The average molecular weight is 239 g/mol. The van der Waals surface area contributed by atoms with Gasteiger partial charge in [0.15, 0.2) is 0 Å². The van der Waals surface area contributed by atoms with Crippen LogP contribution in [-0.2, 0) is 4.74 Å². The minimum Gasteiger partial charge on any atom is -0.374 e. The van der Waals surface area contributed by atoms with E-state index in [1.165, 1.54) is 57.8 Å². The number of hydrogen-bond donors (Lipinski definition) is 1. The number of nitrogens with one attached hydrogen (secondary N) is 1. The van der Waals surface area contributed by atoms with E-state index >= 15 is 0 Å². The maximum absolute atomic E-state index is 6.34. The Hall–Kier alpha value is -0.0800. The number of likely N-dealkylation sites (N-methyl/N-ethyl adjacent to an activating group) is 1. The molecule has 0 aromatic heterocycles. The third-order valence-corrected chi connectivity index (χ3v) is 4.34. The zero-order valence-corrected chi connectivity index (χ0v) is 11.5. The summed E-state index contributed by atoms with van der Waals surface area (Å²) >= 11 is 0. The highest BCUT2D eigenvalue weighted by atomic mass is 16.5. The number of ether oxygens (including phenoxy) is 1. The monoisotopic (exact) mass is 239 g/mol. The van der Waals surface area contributed by atoms with Crippen molar-refractivity contribution in [2.24, 2.45) is 5.92 Å². The first kappa shape index (κ1) is 13.4. The second kappa shape index (κ2) is 6.75. The molecular weight excluding hydrogens is 210 g/mol. The van der Waals surface area contributed by atoms with Crippen molar-refractivity contribution in [1.82, 2.24) is 5.32 Å². The van der Waals surface area contributed by atoms with Gasteiger partial charge in [-0.25, -0.2) is 0 Å². The lowest BCUT2D eigenvalue weighted by atomic mass is 9.94. The van der Waals surface area contributed by atoms with Crippen LogP contribution in [0.4, 0.5) is 0 Å². The molecule has 2 fully saturated rings. The van der Waals surface area contributed by atoms with E-state index < -0.39 is 0 Å². The molecule has 0 radical (unpaired) electrons. The van der Waals surface area contributed by atoms with Crippen LogP contribution in [-0.4, -0.2) is 25.3 Å². The highest BCUT2D eigenvalue weighted by molar-refractivity contribution is 4.86. The van der Waals surface area contributed by atoms with E-state index in [-0.39, 0.29) is 5.60 Å². The molecule has 0 aliphatic heterocycles. The minimum atomic E-state index is 0.168. The van der Waals surface area contributed by atoms with Gasteiger partial charge in [-0.2, -0.15) is 0 Å². The molecule has 0 amide bonds. The summed E-state index contributed by atoms with van der Waals surface area (Å²) in [6.45, 7) is 5.31. The van der Waals surface area contributed by atoms with E-state index in [0.29, 0.717) is 0 Å². The van der Waals surface area contributed by atoms with Crippen molar-refractivity contribution in [1.29, 1.82) is 0 Å². The molecule has 0 aromatic rings. The van der Waals surface area contributed by atoms with Gasteiger partial charge in [-0.05, 0) is 31.7 Å². The lowest BCUT2D eigenvalue weighted by molar-refractivity contribution is -0.0567. The van der Waals surface area contributed by atoms with Crippen molar-refractivity contribution >= 4 is 0 Å². The summed E-state index contributed by atoms with van der Waals surface area (Å²) in [6.07, 6.45) is 12.2. The first-order chi connectivity index (χ1) is 8.35. The van der Waals surface area contributed by atoms with Crippen LogP contribution >= 0.6 is 0 Å². The molecule has 0 bridgehead atoms. The van der Waals surface area contributed by atoms with Gasteiger partial charge in [0.05, 0.1) is 5.60 Å². The molecule has 100 valence electrons. The first-order valence-corrected chi connectivity index (χ1v) is 7.69. The van der Waals surface area contributed by atoms with E-state index in [4.69, 9.17) is 4.74 Å². The predicted octanol–water partition coefficient (Wildman–Crippen LogP) is 3.51. The van der Waals surface area contributed by atoms with Crippen LogP contribution in [0.2, 0.25) is 0 Å². The Balaban J connectivity index is 1.79. The van der Waals surface area contributed by atoms with E-state index in [1.54, 1.807) is 0 Å². The van der Waals surface area contributed by atoms with Crippen LogP contribution < -0.4 is 5.32 Å². The molecule has 2 nitrogen and oxygen atoms in total. The van der Waals surface area contributed by atoms with Crippen molar-refractivity contribution < 1.29 is 4.74 Å². The van der Waals surface area contributed by atoms with E-state index in [1.807, 2.05) is 0 Å². The fourth-order valence-corrected chi connectivity index (χ4v) is 2.95. The van der Waals surface area contributed by atoms with Crippen molar-refractivity contribution in [2.45, 2.75) is 70.3 Å². The van der Waals surface area contributed by atoms with Gasteiger partial charge in [0.25, 0.3) is 0 Å². The summed E-state index contributed by atoms with van der Waals surface area (Å²) in [5.41, 5.74) is 0.168. The molecule has 2 aliphatic rings. The molecule has 1 N–H and O–H groups in total. The van der Waals surface area contributed by atoms with Gasteiger partial charge in [0.2, 0.25) is 0 Å². The Labute approximate surface area is 107 Å². The summed E-state index contributed by atoms with van der Waals surface area (Å²) in [7, 11) is 0. The smallest absolute Gasteiger partial charge is 0.0806 e. The Bertz CT molecular complexity index is 205. The molecule has 2 heteroatoms. The maximum Gasteiger partial charge on any atom is 0.0806 e. The fraction of sp³-hybridized carbons (Fsp3) is 1.00. The second-order valence-electron chi connectivity index (χ2n) is 5.96. The lowest BCUT2D eigenvalue weighted by Gasteiger charge is -2.33. The third kappa shape index (κ3) is 4.59. The first-order valence-electron chi connectivity index (χ1n) is 7.69. The van der Waals surface area contributed by atoms with Crippen LogP contribution in [0.15, 0.2) is 0 Å². The molecule has 17 heavy (non-hydrogen) atoms. The molecule has 0 unspecified atom stereocenters. The molecule has 2 rings (SSSR count). The zero-order valence-electron chi connectivity index (χ0n) is 11.5. The number of hydrogen-bond acceptors (Lipinski definition) is 2. The third-order valence-electron chi connectivity index (χ3n) is 4.34.